The highest BCUT2D eigenvalue weighted by Crippen LogP contribution is 2.29. The number of nitrogens with two attached hydrogens (primary N) is 1. The van der Waals surface area contributed by atoms with Crippen LogP contribution in [0.2, 0.25) is 0 Å². The summed E-state index contributed by atoms with van der Waals surface area (Å²) in [7, 11) is 3.16. The van der Waals surface area contributed by atoms with Crippen LogP contribution in [-0.4, -0.2) is 62.0 Å². The van der Waals surface area contributed by atoms with Crippen molar-refractivity contribution >= 4 is 17.7 Å². The van der Waals surface area contributed by atoms with Gasteiger partial charge in [0, 0.05) is 18.5 Å². The van der Waals surface area contributed by atoms with Crippen molar-refractivity contribution in [2.75, 3.05) is 27.3 Å². The van der Waals surface area contributed by atoms with Gasteiger partial charge < -0.3 is 24.8 Å². The van der Waals surface area contributed by atoms with Crippen molar-refractivity contribution in [2.24, 2.45) is 11.1 Å². The molecule has 1 aromatic carbocycles. The summed E-state index contributed by atoms with van der Waals surface area (Å²) in [5.74, 6) is -0.280. The molecule has 1 heterocycles. The second kappa shape index (κ2) is 12.0. The number of Topliss-reactive ketones (excluding diaryl/α,β-unsaturated/α-hetero) is 1. The zero-order chi connectivity index (χ0) is 24.6. The molecule has 33 heavy (non-hydrogen) atoms. The number of aryl methyl sites for hydroxylation is 1. The van der Waals surface area contributed by atoms with Crippen LogP contribution >= 0.6 is 0 Å². The van der Waals surface area contributed by atoms with Gasteiger partial charge in [-0.1, -0.05) is 26.8 Å². The molecule has 8 nitrogen and oxygen atoms in total. The number of hydrogen-bond donors (Lipinski definition) is 1. The second-order valence-electron chi connectivity index (χ2n) is 9.10. The van der Waals surface area contributed by atoms with Crippen LogP contribution < -0.4 is 15.2 Å². The van der Waals surface area contributed by atoms with Gasteiger partial charge in [-0.25, -0.2) is 4.79 Å². The maximum atomic E-state index is 13.0. The largest absolute Gasteiger partial charge is 0.493 e. The van der Waals surface area contributed by atoms with E-state index < -0.39 is 35.2 Å². The number of amides is 1. The molecule has 1 amide bonds. The molecule has 1 fully saturated rings. The van der Waals surface area contributed by atoms with E-state index in [0.717, 1.165) is 18.4 Å². The van der Waals surface area contributed by atoms with Crippen molar-refractivity contribution < 1.29 is 28.6 Å². The number of rotatable bonds is 11. The van der Waals surface area contributed by atoms with Crippen LogP contribution in [0, 0.1) is 5.41 Å². The monoisotopic (exact) mass is 462 g/mol. The Morgan fingerprint density at radius 3 is 2.45 bits per heavy atom. The third-order valence-corrected chi connectivity index (χ3v) is 6.48. The predicted octanol–water partition coefficient (Wildman–Crippen LogP) is 2.89. The van der Waals surface area contributed by atoms with Gasteiger partial charge in [0.1, 0.15) is 12.1 Å². The maximum absolute atomic E-state index is 13.0. The van der Waals surface area contributed by atoms with E-state index in [1.807, 2.05) is 25.1 Å². The van der Waals surface area contributed by atoms with Crippen molar-refractivity contribution in [3.63, 3.8) is 0 Å². The van der Waals surface area contributed by atoms with Crippen molar-refractivity contribution in [1.82, 2.24) is 4.90 Å². The van der Waals surface area contributed by atoms with E-state index in [-0.39, 0.29) is 6.54 Å². The van der Waals surface area contributed by atoms with Crippen molar-refractivity contribution in [2.45, 2.75) is 71.4 Å². The number of carbonyl (C=O) groups excluding carboxylic acids is 3. The number of esters is 1. The fourth-order valence-electron chi connectivity index (χ4n) is 3.83. The van der Waals surface area contributed by atoms with Crippen molar-refractivity contribution in [3.05, 3.63) is 23.8 Å². The summed E-state index contributed by atoms with van der Waals surface area (Å²) in [6, 6.07) is 4.90. The van der Waals surface area contributed by atoms with Gasteiger partial charge in [-0.3, -0.25) is 9.59 Å². The van der Waals surface area contributed by atoms with E-state index >= 15 is 0 Å². The lowest BCUT2D eigenvalue weighted by atomic mass is 9.84. The molecule has 1 saturated heterocycles. The van der Waals surface area contributed by atoms with Gasteiger partial charge >= 0.3 is 5.97 Å². The third-order valence-electron chi connectivity index (χ3n) is 6.48. The molecule has 184 valence electrons. The van der Waals surface area contributed by atoms with Crippen LogP contribution in [0.25, 0.3) is 0 Å². The summed E-state index contributed by atoms with van der Waals surface area (Å²) in [5, 5.41) is 0. The van der Waals surface area contributed by atoms with Crippen LogP contribution in [0.4, 0.5) is 0 Å². The van der Waals surface area contributed by atoms with Gasteiger partial charge in [-0.2, -0.15) is 0 Å². The van der Waals surface area contributed by atoms with Crippen LogP contribution in [0.15, 0.2) is 18.2 Å². The SMILES string of the molecule is CCC(C)(C)C(=O)C(=O)N1CCCC[C@H]1C(=O)O[C@@H](CN)CCc1ccc(OC)c(OC)c1. The standard InChI is InChI=1S/C25H38N2O6/c1-6-25(2,3)22(28)23(29)27-14-8-7-9-19(27)24(30)33-18(16-26)12-10-17-11-13-20(31-4)21(15-17)32-5/h11,13,15,18-19H,6-10,12,14,16,26H2,1-5H3/t18-,19+/m1/s1. The highest BCUT2D eigenvalue weighted by atomic mass is 16.5. The Hall–Kier alpha value is -2.61. The first-order valence-electron chi connectivity index (χ1n) is 11.6. The molecule has 1 aromatic rings. The fourth-order valence-corrected chi connectivity index (χ4v) is 3.83. The zero-order valence-corrected chi connectivity index (χ0v) is 20.5. The first-order valence-corrected chi connectivity index (χ1v) is 11.6. The third kappa shape index (κ3) is 6.69. The van der Waals surface area contributed by atoms with Gasteiger partial charge in [0.2, 0.25) is 5.78 Å². The lowest BCUT2D eigenvalue weighted by Crippen LogP contribution is -2.53. The van der Waals surface area contributed by atoms with Crippen LogP contribution in [0.3, 0.4) is 0 Å². The molecule has 0 aromatic heterocycles. The molecular weight excluding hydrogens is 424 g/mol. The highest BCUT2D eigenvalue weighted by molar-refractivity contribution is 6.38. The Morgan fingerprint density at radius 1 is 1.15 bits per heavy atom. The number of hydrogen-bond acceptors (Lipinski definition) is 7. The van der Waals surface area contributed by atoms with E-state index in [1.54, 1.807) is 28.1 Å². The van der Waals surface area contributed by atoms with Crippen LogP contribution in [0.1, 0.15) is 58.4 Å². The second-order valence-corrected chi connectivity index (χ2v) is 9.10. The molecule has 2 rings (SSSR count). The van der Waals surface area contributed by atoms with Crippen LogP contribution in [0.5, 0.6) is 11.5 Å². The summed E-state index contributed by atoms with van der Waals surface area (Å²) >= 11 is 0. The Morgan fingerprint density at radius 2 is 1.85 bits per heavy atom. The van der Waals surface area contributed by atoms with Gasteiger partial charge in [-0.15, -0.1) is 0 Å². The summed E-state index contributed by atoms with van der Waals surface area (Å²) in [5.41, 5.74) is 6.12. The molecule has 0 unspecified atom stereocenters. The smallest absolute Gasteiger partial charge is 0.329 e. The normalized spacial score (nSPS) is 17.3. The number of carbonyl (C=O) groups is 3. The quantitative estimate of drug-likeness (QED) is 0.398. The number of methoxy groups -OCH3 is 2. The maximum Gasteiger partial charge on any atom is 0.329 e. The average Bonchev–Trinajstić information content (AvgIpc) is 2.84. The Labute approximate surface area is 196 Å². The molecule has 0 radical (unpaired) electrons. The first kappa shape index (κ1) is 26.6. The van der Waals surface area contributed by atoms with Gasteiger partial charge in [-0.05, 0) is 56.2 Å². The molecule has 1 aliphatic heterocycles. The van der Waals surface area contributed by atoms with Crippen LogP contribution in [-0.2, 0) is 25.5 Å². The fraction of sp³-hybridized carbons (Fsp3) is 0.640. The van der Waals surface area contributed by atoms with Crippen molar-refractivity contribution in [1.29, 1.82) is 0 Å². The molecule has 0 saturated carbocycles. The summed E-state index contributed by atoms with van der Waals surface area (Å²) in [6.45, 7) is 5.92. The predicted molar refractivity (Wildman–Crippen MR) is 125 cm³/mol. The highest BCUT2D eigenvalue weighted by Gasteiger charge is 2.40. The van der Waals surface area contributed by atoms with E-state index in [2.05, 4.69) is 0 Å². The van der Waals surface area contributed by atoms with Gasteiger partial charge in [0.05, 0.1) is 14.2 Å². The number of ether oxygens (including phenoxy) is 3. The first-order chi connectivity index (χ1) is 15.7. The zero-order valence-electron chi connectivity index (χ0n) is 20.5. The van der Waals surface area contributed by atoms with E-state index in [9.17, 15) is 14.4 Å². The minimum absolute atomic E-state index is 0.168. The summed E-state index contributed by atoms with van der Waals surface area (Å²) in [6.07, 6.45) is 3.26. The van der Waals surface area contributed by atoms with E-state index in [0.29, 0.717) is 43.7 Å². The topological polar surface area (TPSA) is 108 Å². The molecule has 0 spiro atoms. The van der Waals surface area contributed by atoms with Gasteiger partial charge in [0.25, 0.3) is 5.91 Å². The average molecular weight is 463 g/mol. The molecule has 8 heteroatoms. The minimum Gasteiger partial charge on any atom is -0.493 e. The molecule has 1 aliphatic rings. The molecule has 0 bridgehead atoms. The lowest BCUT2D eigenvalue weighted by Gasteiger charge is -2.36. The summed E-state index contributed by atoms with van der Waals surface area (Å²) < 4.78 is 16.3. The van der Waals surface area contributed by atoms with Crippen molar-refractivity contribution in [3.8, 4) is 11.5 Å². The summed E-state index contributed by atoms with van der Waals surface area (Å²) in [4.78, 5) is 40.0. The van der Waals surface area contributed by atoms with Gasteiger partial charge in [0.15, 0.2) is 11.5 Å². The number of piperidine rings is 1. The minimum atomic E-state index is -0.762. The number of ketones is 1. The molecule has 2 atom stereocenters. The Balaban J connectivity index is 2.04. The number of likely N-dealkylation sites (tertiary alicyclic amines) is 1. The molecule has 0 aliphatic carbocycles. The number of benzene rings is 1. The Bertz CT molecular complexity index is 838. The van der Waals surface area contributed by atoms with E-state index in [4.69, 9.17) is 19.9 Å². The number of nitrogens with zero attached hydrogens (tertiary/aromatic N) is 1. The Kier molecular flexibility index (Phi) is 9.70. The molecule has 2 N–H and O–H groups in total. The lowest BCUT2D eigenvalue weighted by molar-refractivity contribution is -0.164. The van der Waals surface area contributed by atoms with E-state index in [1.165, 1.54) is 4.90 Å². The molecular formula is C25H38N2O6.